The molecule has 5 nitrogen and oxygen atoms in total. The maximum Gasteiger partial charge on any atom is 0.351 e. The molecule has 0 bridgehead atoms. The van der Waals surface area contributed by atoms with Crippen molar-refractivity contribution in [3.63, 3.8) is 0 Å². The van der Waals surface area contributed by atoms with Gasteiger partial charge in [-0.1, -0.05) is 0 Å². The van der Waals surface area contributed by atoms with Crippen molar-refractivity contribution < 1.29 is 23.1 Å². The second kappa shape index (κ2) is 8.26. The average molecular weight is 402 g/mol. The molecule has 0 aliphatic rings. The first kappa shape index (κ1) is 19.6. The first-order valence-electron chi connectivity index (χ1n) is 8.34. The monoisotopic (exact) mass is 402 g/mol. The summed E-state index contributed by atoms with van der Waals surface area (Å²) in [5.41, 5.74) is 1.53. The van der Waals surface area contributed by atoms with Crippen LogP contribution in [-0.4, -0.2) is 23.0 Å². The second-order valence-corrected chi connectivity index (χ2v) is 6.98. The third-order valence-corrected chi connectivity index (χ3v) is 5.02. The minimum Gasteiger partial charge on any atom is -0.448 e. The van der Waals surface area contributed by atoms with Crippen LogP contribution < -0.4 is 5.32 Å². The Morgan fingerprint density at radius 1 is 1.04 bits per heavy atom. The number of hydrogen-bond donors (Lipinski definition) is 1. The third kappa shape index (κ3) is 4.58. The molecular formula is C20H16F2N2O3S. The molecule has 1 aromatic heterocycles. The Morgan fingerprint density at radius 3 is 2.21 bits per heavy atom. The molecule has 8 heteroatoms. The standard InChI is InChI=1S/C20H16F2N2O3S/c1-11-17(28-19(23-11)13-3-5-14(21)6-4-13)20(26)27-12(2)18(25)24-16-9-7-15(22)8-10-16/h3-10,12H,1-2H3,(H,24,25)/t12-/m0/s1. The fourth-order valence-electron chi connectivity index (χ4n) is 2.35. The van der Waals surface area contributed by atoms with Gasteiger partial charge in [0, 0.05) is 11.3 Å². The zero-order valence-corrected chi connectivity index (χ0v) is 15.8. The van der Waals surface area contributed by atoms with Crippen LogP contribution in [0.1, 0.15) is 22.3 Å². The van der Waals surface area contributed by atoms with Crippen molar-refractivity contribution in [3.05, 3.63) is 70.7 Å². The largest absolute Gasteiger partial charge is 0.448 e. The molecule has 3 aromatic rings. The summed E-state index contributed by atoms with van der Waals surface area (Å²) in [5, 5.41) is 3.10. The zero-order chi connectivity index (χ0) is 20.3. The number of benzene rings is 2. The van der Waals surface area contributed by atoms with Gasteiger partial charge >= 0.3 is 5.97 Å². The fraction of sp³-hybridized carbons (Fsp3) is 0.150. The molecule has 0 fully saturated rings. The van der Waals surface area contributed by atoms with Gasteiger partial charge in [0.2, 0.25) is 0 Å². The van der Waals surface area contributed by atoms with Crippen molar-refractivity contribution in [1.29, 1.82) is 0 Å². The van der Waals surface area contributed by atoms with Gasteiger partial charge in [0.05, 0.1) is 5.69 Å². The predicted molar refractivity (Wildman–Crippen MR) is 102 cm³/mol. The van der Waals surface area contributed by atoms with Crippen molar-refractivity contribution in [1.82, 2.24) is 4.98 Å². The summed E-state index contributed by atoms with van der Waals surface area (Å²) in [7, 11) is 0. The lowest BCUT2D eigenvalue weighted by atomic mass is 10.2. The highest BCUT2D eigenvalue weighted by molar-refractivity contribution is 7.17. The summed E-state index contributed by atoms with van der Waals surface area (Å²) < 4.78 is 31.2. The summed E-state index contributed by atoms with van der Waals surface area (Å²) in [4.78, 5) is 29.2. The van der Waals surface area contributed by atoms with Crippen molar-refractivity contribution in [2.24, 2.45) is 0 Å². The van der Waals surface area contributed by atoms with Crippen LogP contribution in [0.3, 0.4) is 0 Å². The van der Waals surface area contributed by atoms with Crippen LogP contribution in [0, 0.1) is 18.6 Å². The van der Waals surface area contributed by atoms with Gasteiger partial charge < -0.3 is 10.1 Å². The number of nitrogens with one attached hydrogen (secondary N) is 1. The summed E-state index contributed by atoms with van der Waals surface area (Å²) in [5.74, 6) is -2.00. The lowest BCUT2D eigenvalue weighted by Crippen LogP contribution is -2.29. The Hall–Kier alpha value is -3.13. The molecule has 3 rings (SSSR count). The molecule has 0 unspecified atom stereocenters. The normalized spacial score (nSPS) is 11.7. The highest BCUT2D eigenvalue weighted by Crippen LogP contribution is 2.28. The number of thiazole rings is 1. The van der Waals surface area contributed by atoms with Gasteiger partial charge in [-0.3, -0.25) is 4.79 Å². The number of aryl methyl sites for hydroxylation is 1. The minimum absolute atomic E-state index is 0.265. The van der Waals surface area contributed by atoms with E-state index in [1.807, 2.05) is 0 Å². The van der Waals surface area contributed by atoms with Crippen LogP contribution in [0.4, 0.5) is 14.5 Å². The molecule has 144 valence electrons. The lowest BCUT2D eigenvalue weighted by molar-refractivity contribution is -0.123. The van der Waals surface area contributed by atoms with E-state index in [1.165, 1.54) is 43.3 Å². The second-order valence-electron chi connectivity index (χ2n) is 5.98. The van der Waals surface area contributed by atoms with E-state index in [9.17, 15) is 18.4 Å². The number of amides is 1. The van der Waals surface area contributed by atoms with E-state index in [0.717, 1.165) is 11.3 Å². The third-order valence-electron chi connectivity index (χ3n) is 3.84. The number of carbonyl (C=O) groups is 2. The molecule has 28 heavy (non-hydrogen) atoms. The topological polar surface area (TPSA) is 68.3 Å². The van der Waals surface area contributed by atoms with Crippen molar-refractivity contribution >= 4 is 28.9 Å². The van der Waals surface area contributed by atoms with Crippen LogP contribution in [-0.2, 0) is 9.53 Å². The molecule has 1 N–H and O–H groups in total. The van der Waals surface area contributed by atoms with Gasteiger partial charge in [-0.15, -0.1) is 11.3 Å². The Kier molecular flexibility index (Phi) is 5.79. The quantitative estimate of drug-likeness (QED) is 0.635. The van der Waals surface area contributed by atoms with Crippen molar-refractivity contribution in [3.8, 4) is 10.6 Å². The number of carbonyl (C=O) groups excluding carboxylic acids is 2. The van der Waals surface area contributed by atoms with Crippen LogP contribution in [0.15, 0.2) is 48.5 Å². The zero-order valence-electron chi connectivity index (χ0n) is 15.0. The van der Waals surface area contributed by atoms with Crippen LogP contribution >= 0.6 is 11.3 Å². The Balaban J connectivity index is 1.67. The summed E-state index contributed by atoms with van der Waals surface area (Å²) in [6, 6.07) is 11.0. The summed E-state index contributed by atoms with van der Waals surface area (Å²) >= 11 is 1.10. The average Bonchev–Trinajstić information content (AvgIpc) is 3.06. The van der Waals surface area contributed by atoms with Gasteiger partial charge in [-0.2, -0.15) is 0 Å². The van der Waals surface area contributed by atoms with Gasteiger partial charge in [-0.05, 0) is 62.4 Å². The molecule has 1 amide bonds. The maximum absolute atomic E-state index is 13.1. The van der Waals surface area contributed by atoms with E-state index in [4.69, 9.17) is 4.74 Å². The lowest BCUT2D eigenvalue weighted by Gasteiger charge is -2.13. The van der Waals surface area contributed by atoms with Gasteiger partial charge in [0.25, 0.3) is 5.91 Å². The molecule has 0 aliphatic heterocycles. The fourth-order valence-corrected chi connectivity index (χ4v) is 3.30. The van der Waals surface area contributed by atoms with E-state index in [2.05, 4.69) is 10.3 Å². The Labute approximate surface area is 164 Å². The van der Waals surface area contributed by atoms with Gasteiger partial charge in [0.1, 0.15) is 21.5 Å². The van der Waals surface area contributed by atoms with E-state index < -0.39 is 23.8 Å². The summed E-state index contributed by atoms with van der Waals surface area (Å²) in [6.45, 7) is 3.09. The SMILES string of the molecule is Cc1nc(-c2ccc(F)cc2)sc1C(=O)O[C@@H](C)C(=O)Nc1ccc(F)cc1. The molecule has 0 spiro atoms. The van der Waals surface area contributed by atoms with Crippen LogP contribution in [0.2, 0.25) is 0 Å². The number of nitrogens with zero attached hydrogens (tertiary/aromatic N) is 1. The molecular weight excluding hydrogens is 386 g/mol. The molecule has 0 saturated carbocycles. The number of hydrogen-bond acceptors (Lipinski definition) is 5. The van der Waals surface area contributed by atoms with Gasteiger partial charge in [0.15, 0.2) is 6.10 Å². The summed E-state index contributed by atoms with van der Waals surface area (Å²) in [6.07, 6.45) is -1.06. The maximum atomic E-state index is 13.1. The highest BCUT2D eigenvalue weighted by atomic mass is 32.1. The van der Waals surface area contributed by atoms with Crippen molar-refractivity contribution in [2.75, 3.05) is 5.32 Å². The molecule has 1 atom stereocenters. The van der Waals surface area contributed by atoms with E-state index in [1.54, 1.807) is 19.1 Å². The number of halogens is 2. The highest BCUT2D eigenvalue weighted by Gasteiger charge is 2.23. The molecule has 0 aliphatic carbocycles. The number of ether oxygens (including phenoxy) is 1. The van der Waals surface area contributed by atoms with E-state index in [0.29, 0.717) is 22.0 Å². The first-order valence-corrected chi connectivity index (χ1v) is 9.16. The van der Waals surface area contributed by atoms with E-state index >= 15 is 0 Å². The minimum atomic E-state index is -1.06. The van der Waals surface area contributed by atoms with Crippen LogP contribution in [0.5, 0.6) is 0 Å². The smallest absolute Gasteiger partial charge is 0.351 e. The predicted octanol–water partition coefficient (Wildman–Crippen LogP) is 4.58. The Bertz CT molecular complexity index is 1000. The number of aromatic nitrogens is 1. The first-order chi connectivity index (χ1) is 13.3. The van der Waals surface area contributed by atoms with Crippen molar-refractivity contribution in [2.45, 2.75) is 20.0 Å². The molecule has 0 radical (unpaired) electrons. The van der Waals surface area contributed by atoms with Crippen LogP contribution in [0.25, 0.3) is 10.6 Å². The number of anilines is 1. The van der Waals surface area contributed by atoms with Gasteiger partial charge in [-0.25, -0.2) is 18.6 Å². The number of rotatable bonds is 5. The number of esters is 1. The molecule has 1 heterocycles. The Morgan fingerprint density at radius 2 is 1.61 bits per heavy atom. The van der Waals surface area contributed by atoms with E-state index in [-0.39, 0.29) is 10.7 Å². The molecule has 0 saturated heterocycles. The molecule has 2 aromatic carbocycles.